The number of nitrogens with one attached hydrogen (secondary N) is 1. The van der Waals surface area contributed by atoms with Crippen molar-refractivity contribution in [3.63, 3.8) is 0 Å². The van der Waals surface area contributed by atoms with Crippen LogP contribution in [-0.2, 0) is 4.79 Å². The first-order chi connectivity index (χ1) is 12.1. The van der Waals surface area contributed by atoms with E-state index in [0.717, 1.165) is 32.4 Å². The molecule has 0 unspecified atom stereocenters. The van der Waals surface area contributed by atoms with Crippen LogP contribution in [-0.4, -0.2) is 47.9 Å². The molecule has 3 aliphatic rings. The molecule has 3 amide bonds. The first-order valence-corrected chi connectivity index (χ1v) is 9.17. The number of benzene rings is 1. The van der Waals surface area contributed by atoms with Gasteiger partial charge in [0.2, 0.25) is 5.91 Å². The molecule has 1 saturated carbocycles. The van der Waals surface area contributed by atoms with Crippen LogP contribution < -0.4 is 5.32 Å². The molecule has 0 radical (unpaired) electrons. The molecule has 6 heteroatoms. The van der Waals surface area contributed by atoms with E-state index in [0.29, 0.717) is 24.7 Å². The van der Waals surface area contributed by atoms with Gasteiger partial charge in [-0.05, 0) is 56.2 Å². The van der Waals surface area contributed by atoms with E-state index in [1.165, 1.54) is 25.0 Å². The number of amides is 3. The number of carbonyl (C=O) groups is 2. The fraction of sp³-hybridized carbons (Fsp3) is 0.579. The zero-order chi connectivity index (χ0) is 17.4. The highest BCUT2D eigenvalue weighted by atomic mass is 19.1. The van der Waals surface area contributed by atoms with Gasteiger partial charge in [0, 0.05) is 31.9 Å². The Labute approximate surface area is 147 Å². The van der Waals surface area contributed by atoms with E-state index in [4.69, 9.17) is 0 Å². The third-order valence-electron chi connectivity index (χ3n) is 5.72. The molecule has 134 valence electrons. The summed E-state index contributed by atoms with van der Waals surface area (Å²) in [6.07, 6.45) is 5.07. The van der Waals surface area contributed by atoms with Crippen molar-refractivity contribution in [2.45, 2.75) is 32.1 Å². The van der Waals surface area contributed by atoms with Crippen LogP contribution >= 0.6 is 0 Å². The van der Waals surface area contributed by atoms with Crippen LogP contribution in [0.1, 0.15) is 32.1 Å². The number of hydrogen-bond donors (Lipinski definition) is 1. The highest BCUT2D eigenvalue weighted by molar-refractivity contribution is 5.91. The molecule has 2 heterocycles. The van der Waals surface area contributed by atoms with Gasteiger partial charge in [-0.1, -0.05) is 6.07 Å². The predicted octanol–water partition coefficient (Wildman–Crippen LogP) is 3.08. The second-order valence-corrected chi connectivity index (χ2v) is 7.69. The van der Waals surface area contributed by atoms with E-state index < -0.39 is 5.41 Å². The Morgan fingerprint density at radius 1 is 1.28 bits per heavy atom. The van der Waals surface area contributed by atoms with Crippen LogP contribution in [0.5, 0.6) is 0 Å². The minimum atomic E-state index is -0.410. The maximum atomic E-state index is 13.3. The maximum Gasteiger partial charge on any atom is 0.321 e. The van der Waals surface area contributed by atoms with Crippen LogP contribution in [0.3, 0.4) is 0 Å². The van der Waals surface area contributed by atoms with Gasteiger partial charge in [-0.25, -0.2) is 9.18 Å². The third kappa shape index (κ3) is 3.34. The van der Waals surface area contributed by atoms with Crippen LogP contribution in [0.25, 0.3) is 0 Å². The van der Waals surface area contributed by atoms with Crippen molar-refractivity contribution in [1.29, 1.82) is 0 Å². The average Bonchev–Trinajstić information content (AvgIpc) is 3.30. The monoisotopic (exact) mass is 345 g/mol. The summed E-state index contributed by atoms with van der Waals surface area (Å²) in [4.78, 5) is 29.2. The molecule has 5 nitrogen and oxygen atoms in total. The summed E-state index contributed by atoms with van der Waals surface area (Å²) in [5.74, 6) is 0.536. The summed E-state index contributed by atoms with van der Waals surface area (Å²) in [6, 6.07) is 5.62. The highest BCUT2D eigenvalue weighted by Crippen LogP contribution is 2.41. The summed E-state index contributed by atoms with van der Waals surface area (Å²) in [7, 11) is 0. The van der Waals surface area contributed by atoms with Crippen molar-refractivity contribution in [2.24, 2.45) is 11.3 Å². The first kappa shape index (κ1) is 16.4. The predicted molar refractivity (Wildman–Crippen MR) is 92.6 cm³/mol. The van der Waals surface area contributed by atoms with E-state index in [2.05, 4.69) is 5.32 Å². The number of piperidine rings is 1. The standard InChI is InChI=1S/C19H24FN3O2/c20-15-3-1-4-16(11-15)21-18(25)23-10-8-19(13-23)7-2-9-22(17(19)24)12-14-5-6-14/h1,3-4,11,14H,2,5-10,12-13H2,(H,21,25)/t19-/m1/s1. The third-order valence-corrected chi connectivity index (χ3v) is 5.72. The lowest BCUT2D eigenvalue weighted by Gasteiger charge is -2.39. The summed E-state index contributed by atoms with van der Waals surface area (Å²) < 4.78 is 13.3. The number of anilines is 1. The fourth-order valence-electron chi connectivity index (χ4n) is 4.13. The Balaban J connectivity index is 1.41. The SMILES string of the molecule is O=C(Nc1cccc(F)c1)N1CC[C@]2(CCCN(CC3CC3)C2=O)C1. The quantitative estimate of drug-likeness (QED) is 0.915. The molecule has 0 aromatic heterocycles. The van der Waals surface area contributed by atoms with Gasteiger partial charge in [0.05, 0.1) is 5.41 Å². The number of nitrogens with zero attached hydrogens (tertiary/aromatic N) is 2. The zero-order valence-corrected chi connectivity index (χ0v) is 14.3. The van der Waals surface area contributed by atoms with Crippen LogP contribution in [0.2, 0.25) is 0 Å². The topological polar surface area (TPSA) is 52.7 Å². The Morgan fingerprint density at radius 3 is 2.88 bits per heavy atom. The minimum absolute atomic E-state index is 0.228. The average molecular weight is 345 g/mol. The molecule has 1 aliphatic carbocycles. The molecule has 1 spiro atoms. The van der Waals surface area contributed by atoms with Crippen LogP contribution in [0, 0.1) is 17.2 Å². The Kier molecular flexibility index (Phi) is 4.13. The first-order valence-electron chi connectivity index (χ1n) is 9.17. The van der Waals surface area contributed by atoms with Gasteiger partial charge in [0.25, 0.3) is 0 Å². The summed E-state index contributed by atoms with van der Waals surface area (Å²) in [5, 5.41) is 2.74. The van der Waals surface area contributed by atoms with E-state index in [-0.39, 0.29) is 17.8 Å². The normalized spacial score (nSPS) is 26.4. The molecule has 3 fully saturated rings. The van der Waals surface area contributed by atoms with Gasteiger partial charge in [-0.15, -0.1) is 0 Å². The van der Waals surface area contributed by atoms with Gasteiger partial charge in [-0.3, -0.25) is 4.79 Å². The van der Waals surface area contributed by atoms with E-state index in [1.54, 1.807) is 17.0 Å². The lowest BCUT2D eigenvalue weighted by atomic mass is 9.78. The molecule has 1 atom stereocenters. The van der Waals surface area contributed by atoms with Crippen molar-refractivity contribution in [3.8, 4) is 0 Å². The fourth-order valence-corrected chi connectivity index (χ4v) is 4.13. The van der Waals surface area contributed by atoms with Crippen molar-refractivity contribution in [1.82, 2.24) is 9.80 Å². The summed E-state index contributed by atoms with van der Waals surface area (Å²) >= 11 is 0. The largest absolute Gasteiger partial charge is 0.342 e. The molecule has 25 heavy (non-hydrogen) atoms. The molecule has 1 aromatic carbocycles. The van der Waals surface area contributed by atoms with E-state index in [9.17, 15) is 14.0 Å². The summed E-state index contributed by atoms with van der Waals surface area (Å²) in [5.41, 5.74) is 0.0307. The van der Waals surface area contributed by atoms with Gasteiger partial charge < -0.3 is 15.1 Å². The molecule has 1 N–H and O–H groups in total. The van der Waals surface area contributed by atoms with Gasteiger partial charge in [-0.2, -0.15) is 0 Å². The summed E-state index contributed by atoms with van der Waals surface area (Å²) in [6.45, 7) is 2.78. The lowest BCUT2D eigenvalue weighted by molar-refractivity contribution is -0.145. The number of rotatable bonds is 3. The van der Waals surface area contributed by atoms with Crippen molar-refractivity contribution in [3.05, 3.63) is 30.1 Å². The number of carbonyl (C=O) groups excluding carboxylic acids is 2. The number of hydrogen-bond acceptors (Lipinski definition) is 2. The molecule has 2 aliphatic heterocycles. The van der Waals surface area contributed by atoms with E-state index >= 15 is 0 Å². The molecule has 0 bridgehead atoms. The zero-order valence-electron chi connectivity index (χ0n) is 14.3. The lowest BCUT2D eigenvalue weighted by Crippen LogP contribution is -2.51. The van der Waals surface area contributed by atoms with Crippen LogP contribution in [0.15, 0.2) is 24.3 Å². The minimum Gasteiger partial charge on any atom is -0.342 e. The van der Waals surface area contributed by atoms with Gasteiger partial charge >= 0.3 is 6.03 Å². The van der Waals surface area contributed by atoms with Gasteiger partial charge in [0.1, 0.15) is 5.82 Å². The second-order valence-electron chi connectivity index (χ2n) is 7.69. The maximum absolute atomic E-state index is 13.3. The Morgan fingerprint density at radius 2 is 2.12 bits per heavy atom. The number of likely N-dealkylation sites (tertiary alicyclic amines) is 2. The molecule has 4 rings (SSSR count). The molecule has 1 aromatic rings. The molecule has 2 saturated heterocycles. The Bertz CT molecular complexity index is 691. The number of halogens is 1. The molecular formula is C19H24FN3O2. The van der Waals surface area contributed by atoms with Gasteiger partial charge in [0.15, 0.2) is 0 Å². The smallest absolute Gasteiger partial charge is 0.321 e. The highest BCUT2D eigenvalue weighted by Gasteiger charge is 2.49. The molecular weight excluding hydrogens is 321 g/mol. The number of urea groups is 1. The Hall–Kier alpha value is -2.11. The van der Waals surface area contributed by atoms with E-state index in [1.807, 2.05) is 4.90 Å². The van der Waals surface area contributed by atoms with Crippen molar-refractivity contribution in [2.75, 3.05) is 31.5 Å². The van der Waals surface area contributed by atoms with Crippen LogP contribution in [0.4, 0.5) is 14.9 Å². The van der Waals surface area contributed by atoms with Crippen molar-refractivity contribution < 1.29 is 14.0 Å². The van der Waals surface area contributed by atoms with Crippen molar-refractivity contribution >= 4 is 17.6 Å². The second kappa shape index (κ2) is 6.32.